The summed E-state index contributed by atoms with van der Waals surface area (Å²) in [6.07, 6.45) is 0. The lowest BCUT2D eigenvalue weighted by atomic mass is 10.2. The number of methoxy groups -OCH3 is 1. The van der Waals surface area contributed by atoms with Gasteiger partial charge in [-0.1, -0.05) is 29.5 Å². The highest BCUT2D eigenvalue weighted by molar-refractivity contribution is 8.15. The van der Waals surface area contributed by atoms with Crippen molar-refractivity contribution in [3.05, 3.63) is 54.1 Å². The summed E-state index contributed by atoms with van der Waals surface area (Å²) in [4.78, 5) is 19.3. The number of sulfone groups is 1. The second-order valence-corrected chi connectivity index (χ2v) is 10.8. The van der Waals surface area contributed by atoms with Crippen molar-refractivity contribution in [2.75, 3.05) is 35.4 Å². The third-order valence-corrected chi connectivity index (χ3v) is 8.30. The van der Waals surface area contributed by atoms with Crippen LogP contribution in [0.15, 0.2) is 53.5 Å². The van der Waals surface area contributed by atoms with Crippen LogP contribution in [0.1, 0.15) is 5.56 Å². The first-order valence-corrected chi connectivity index (χ1v) is 12.3. The van der Waals surface area contributed by atoms with Gasteiger partial charge in [0.1, 0.15) is 12.3 Å². The van der Waals surface area contributed by atoms with Crippen molar-refractivity contribution in [3.63, 3.8) is 0 Å². The normalized spacial score (nSPS) is 21.6. The van der Waals surface area contributed by atoms with Gasteiger partial charge in [0, 0.05) is 16.6 Å². The number of carbonyl (C=O) groups is 1. The van der Waals surface area contributed by atoms with Gasteiger partial charge in [-0.15, -0.1) is 0 Å². The molecule has 7 nitrogen and oxygen atoms in total. The van der Waals surface area contributed by atoms with E-state index in [1.807, 2.05) is 60.4 Å². The van der Waals surface area contributed by atoms with E-state index in [0.717, 1.165) is 16.9 Å². The fourth-order valence-electron chi connectivity index (χ4n) is 3.48. The molecule has 0 unspecified atom stereocenters. The molecule has 2 aliphatic heterocycles. The van der Waals surface area contributed by atoms with Gasteiger partial charge in [-0.2, -0.15) is 0 Å². The van der Waals surface area contributed by atoms with Crippen LogP contribution in [0.4, 0.5) is 11.4 Å². The molecule has 0 aromatic heterocycles. The highest BCUT2D eigenvalue weighted by Crippen LogP contribution is 2.37. The second kappa shape index (κ2) is 8.31. The lowest BCUT2D eigenvalue weighted by molar-refractivity contribution is -0.114. The summed E-state index contributed by atoms with van der Waals surface area (Å²) in [6, 6.07) is 14.7. The van der Waals surface area contributed by atoms with Crippen LogP contribution in [0.3, 0.4) is 0 Å². The minimum atomic E-state index is -3.04. The molecule has 2 aromatic rings. The van der Waals surface area contributed by atoms with E-state index in [2.05, 4.69) is 10.3 Å². The molecule has 2 atom stereocenters. The quantitative estimate of drug-likeness (QED) is 0.761. The number of thioether (sulfide) groups is 1. The molecule has 0 spiro atoms. The molecule has 4 rings (SSSR count). The number of carbonyl (C=O) groups excluding carboxylic acids is 1. The van der Waals surface area contributed by atoms with E-state index < -0.39 is 9.84 Å². The van der Waals surface area contributed by atoms with Crippen molar-refractivity contribution in [2.45, 2.75) is 18.2 Å². The zero-order valence-electron chi connectivity index (χ0n) is 16.7. The molecular formula is C21H23N3O4S2. The molecule has 0 aliphatic carbocycles. The Balaban J connectivity index is 1.56. The molecule has 158 valence electrons. The van der Waals surface area contributed by atoms with Crippen molar-refractivity contribution in [3.8, 4) is 5.75 Å². The Hall–Kier alpha value is -2.52. The first-order chi connectivity index (χ1) is 14.3. The molecule has 2 aliphatic rings. The lowest BCUT2D eigenvalue weighted by Crippen LogP contribution is -2.36. The predicted molar refractivity (Wildman–Crippen MR) is 121 cm³/mol. The molecular weight excluding hydrogens is 422 g/mol. The van der Waals surface area contributed by atoms with Crippen LogP contribution < -0.4 is 15.0 Å². The minimum absolute atomic E-state index is 0.0677. The highest BCUT2D eigenvalue weighted by atomic mass is 32.2. The Morgan fingerprint density at radius 3 is 2.50 bits per heavy atom. The average Bonchev–Trinajstić information content (AvgIpc) is 3.21. The monoisotopic (exact) mass is 445 g/mol. The zero-order chi connectivity index (χ0) is 21.3. The van der Waals surface area contributed by atoms with Gasteiger partial charge in [-0.25, -0.2) is 8.42 Å². The molecule has 9 heteroatoms. The van der Waals surface area contributed by atoms with E-state index in [-0.39, 0.29) is 35.2 Å². The second-order valence-electron chi connectivity index (χ2n) is 7.41. The van der Waals surface area contributed by atoms with E-state index >= 15 is 0 Å². The first-order valence-electron chi connectivity index (χ1n) is 9.56. The summed E-state index contributed by atoms with van der Waals surface area (Å²) in [6.45, 7) is 2.06. The molecule has 1 saturated heterocycles. The van der Waals surface area contributed by atoms with Crippen LogP contribution in [-0.4, -0.2) is 55.9 Å². The molecule has 2 aromatic carbocycles. The van der Waals surface area contributed by atoms with Gasteiger partial charge in [-0.3, -0.25) is 9.79 Å². The van der Waals surface area contributed by atoms with Crippen molar-refractivity contribution in [2.24, 2.45) is 4.99 Å². The van der Waals surface area contributed by atoms with Gasteiger partial charge in [0.2, 0.25) is 5.91 Å². The molecule has 0 saturated carbocycles. The van der Waals surface area contributed by atoms with Crippen LogP contribution in [0, 0.1) is 6.92 Å². The maximum absolute atomic E-state index is 12.8. The standard InChI is InChI=1S/C21H23N3O4S2/c1-14-3-5-15(6-4-14)22-20(25)11-24(16-7-9-17(28-2)10-8-16)21-23-18-12-30(26,27)13-19(18)29-21/h3-10,18-19H,11-13H2,1-2H3,(H,22,25)/t18-,19+/m0/s1. The third kappa shape index (κ3) is 4.62. The van der Waals surface area contributed by atoms with Crippen molar-refractivity contribution < 1.29 is 17.9 Å². The van der Waals surface area contributed by atoms with Crippen LogP contribution >= 0.6 is 11.8 Å². The number of nitrogens with one attached hydrogen (secondary N) is 1. The fraction of sp³-hybridized carbons (Fsp3) is 0.333. The molecule has 0 radical (unpaired) electrons. The number of nitrogens with zero attached hydrogens (tertiary/aromatic N) is 2. The van der Waals surface area contributed by atoms with Gasteiger partial charge in [0.05, 0.1) is 24.7 Å². The van der Waals surface area contributed by atoms with Crippen LogP contribution in [0.2, 0.25) is 0 Å². The molecule has 1 fully saturated rings. The average molecular weight is 446 g/mol. The summed E-state index contributed by atoms with van der Waals surface area (Å²) < 4.78 is 29.0. The van der Waals surface area contributed by atoms with Crippen LogP contribution in [0.5, 0.6) is 5.75 Å². The maximum Gasteiger partial charge on any atom is 0.244 e. The number of fused-ring (bicyclic) bond motifs is 1. The summed E-state index contributed by atoms with van der Waals surface area (Å²) in [5.74, 6) is 0.732. The minimum Gasteiger partial charge on any atom is -0.497 e. The Morgan fingerprint density at radius 2 is 1.87 bits per heavy atom. The number of benzene rings is 2. The SMILES string of the molecule is COc1ccc(N(CC(=O)Nc2ccc(C)cc2)C2=N[C@H]3CS(=O)(=O)C[C@H]3S2)cc1. The number of amides is 1. The fourth-order valence-corrected chi connectivity index (χ4v) is 7.26. The van der Waals surface area contributed by atoms with Gasteiger partial charge in [0.15, 0.2) is 15.0 Å². The largest absolute Gasteiger partial charge is 0.497 e. The van der Waals surface area contributed by atoms with Crippen LogP contribution in [-0.2, 0) is 14.6 Å². The smallest absolute Gasteiger partial charge is 0.244 e. The number of amidine groups is 1. The Kier molecular flexibility index (Phi) is 5.75. The summed E-state index contributed by atoms with van der Waals surface area (Å²) in [7, 11) is -1.44. The summed E-state index contributed by atoms with van der Waals surface area (Å²) in [5, 5.41) is 3.49. The molecule has 1 N–H and O–H groups in total. The number of ether oxygens (including phenoxy) is 1. The van der Waals surface area contributed by atoms with E-state index in [1.165, 1.54) is 11.8 Å². The van der Waals surface area contributed by atoms with Crippen molar-refractivity contribution >= 4 is 44.0 Å². The van der Waals surface area contributed by atoms with Gasteiger partial charge < -0.3 is 15.0 Å². The number of hydrogen-bond acceptors (Lipinski definition) is 7. The van der Waals surface area contributed by atoms with Crippen molar-refractivity contribution in [1.29, 1.82) is 0 Å². The number of rotatable bonds is 5. The van der Waals surface area contributed by atoms with Crippen LogP contribution in [0.25, 0.3) is 0 Å². The highest BCUT2D eigenvalue weighted by Gasteiger charge is 2.44. The number of anilines is 2. The van der Waals surface area contributed by atoms with Gasteiger partial charge >= 0.3 is 0 Å². The van der Waals surface area contributed by atoms with Gasteiger partial charge in [-0.05, 0) is 43.3 Å². The van der Waals surface area contributed by atoms with E-state index in [0.29, 0.717) is 10.9 Å². The molecule has 30 heavy (non-hydrogen) atoms. The van der Waals surface area contributed by atoms with E-state index in [4.69, 9.17) is 4.74 Å². The van der Waals surface area contributed by atoms with Crippen molar-refractivity contribution in [1.82, 2.24) is 0 Å². The molecule has 1 amide bonds. The van der Waals surface area contributed by atoms with E-state index in [9.17, 15) is 13.2 Å². The lowest BCUT2D eigenvalue weighted by Gasteiger charge is -2.24. The summed E-state index contributed by atoms with van der Waals surface area (Å²) >= 11 is 1.43. The maximum atomic E-state index is 12.8. The summed E-state index contributed by atoms with van der Waals surface area (Å²) in [5.41, 5.74) is 2.64. The molecule has 0 bridgehead atoms. The topological polar surface area (TPSA) is 88.1 Å². The predicted octanol–water partition coefficient (Wildman–Crippen LogP) is 2.72. The van der Waals surface area contributed by atoms with Gasteiger partial charge in [0.25, 0.3) is 0 Å². The number of aliphatic imine (C=N–C) groups is 1. The zero-order valence-corrected chi connectivity index (χ0v) is 18.4. The number of hydrogen-bond donors (Lipinski definition) is 1. The first kappa shape index (κ1) is 20.7. The number of aryl methyl sites for hydroxylation is 1. The Morgan fingerprint density at radius 1 is 1.17 bits per heavy atom. The Bertz CT molecular complexity index is 1070. The Labute approximate surface area is 180 Å². The third-order valence-electron chi connectivity index (χ3n) is 5.06. The molecule has 2 heterocycles. The van der Waals surface area contributed by atoms with E-state index in [1.54, 1.807) is 7.11 Å².